The van der Waals surface area contributed by atoms with Crippen LogP contribution in [0, 0.1) is 0 Å². The number of halogens is 1. The van der Waals surface area contributed by atoms with Crippen molar-refractivity contribution in [1.82, 2.24) is 9.78 Å². The van der Waals surface area contributed by atoms with Crippen molar-refractivity contribution in [1.29, 1.82) is 0 Å². The van der Waals surface area contributed by atoms with E-state index in [4.69, 9.17) is 11.6 Å². The van der Waals surface area contributed by atoms with Gasteiger partial charge in [0.25, 0.3) is 5.91 Å². The monoisotopic (exact) mass is 269 g/mol. The van der Waals surface area contributed by atoms with E-state index in [0.29, 0.717) is 15.0 Å². The highest BCUT2D eigenvalue weighted by Gasteiger charge is 2.11. The molecule has 0 aliphatic heterocycles. The smallest absolute Gasteiger partial charge is 0.266 e. The molecule has 2 heterocycles. The Kier molecular flexibility index (Phi) is 3.81. The lowest BCUT2D eigenvalue weighted by Gasteiger charge is -2.06. The summed E-state index contributed by atoms with van der Waals surface area (Å²) >= 11 is 7.05. The van der Waals surface area contributed by atoms with Crippen LogP contribution < -0.4 is 5.32 Å². The molecule has 0 saturated carbocycles. The van der Waals surface area contributed by atoms with Crippen LogP contribution in [0.4, 0.5) is 5.82 Å². The third-order valence-electron chi connectivity index (χ3n) is 2.19. The molecule has 0 aromatic carbocycles. The van der Waals surface area contributed by atoms with Gasteiger partial charge in [0.2, 0.25) is 0 Å². The number of nitrogens with zero attached hydrogens (tertiary/aromatic N) is 2. The van der Waals surface area contributed by atoms with Crippen LogP contribution in [-0.2, 0) is 6.54 Å². The molecule has 2 rings (SSSR count). The first-order chi connectivity index (χ1) is 8.20. The Morgan fingerprint density at radius 2 is 2.35 bits per heavy atom. The largest absolute Gasteiger partial charge is 0.306 e. The molecule has 0 aliphatic carbocycles. The highest BCUT2D eigenvalue weighted by Crippen LogP contribution is 2.22. The highest BCUT2D eigenvalue weighted by atomic mass is 35.5. The van der Waals surface area contributed by atoms with Crippen LogP contribution in [0.1, 0.15) is 23.0 Å². The fourth-order valence-electron chi connectivity index (χ4n) is 1.44. The number of carbonyl (C=O) groups excluding carboxylic acids is 1. The second-order valence-electron chi connectivity index (χ2n) is 3.50. The van der Waals surface area contributed by atoms with Crippen molar-refractivity contribution in [3.8, 4) is 0 Å². The van der Waals surface area contributed by atoms with Gasteiger partial charge in [-0.15, -0.1) is 11.3 Å². The summed E-state index contributed by atoms with van der Waals surface area (Å²) in [5.41, 5.74) is 0. The molecule has 0 fully saturated rings. The standard InChI is InChI=1S/C11H12ClN3OS/c1-2-7-15-10(5-6-13-15)14-11(16)8-3-4-9(12)17-8/h3-6H,2,7H2,1H3,(H,14,16). The molecule has 2 aromatic heterocycles. The average Bonchev–Trinajstić information content (AvgIpc) is 2.89. The van der Waals surface area contributed by atoms with Crippen molar-refractivity contribution in [3.05, 3.63) is 33.6 Å². The van der Waals surface area contributed by atoms with E-state index in [1.54, 1.807) is 29.1 Å². The third kappa shape index (κ3) is 2.87. The highest BCUT2D eigenvalue weighted by molar-refractivity contribution is 7.18. The molecule has 1 amide bonds. The van der Waals surface area contributed by atoms with Crippen LogP contribution in [0.5, 0.6) is 0 Å². The number of amides is 1. The minimum absolute atomic E-state index is 0.153. The third-order valence-corrected chi connectivity index (χ3v) is 3.42. The summed E-state index contributed by atoms with van der Waals surface area (Å²) in [6, 6.07) is 5.20. The lowest BCUT2D eigenvalue weighted by atomic mass is 10.4. The van der Waals surface area contributed by atoms with E-state index < -0.39 is 0 Å². The normalized spacial score (nSPS) is 10.5. The molecule has 0 aliphatic rings. The van der Waals surface area contributed by atoms with E-state index in [1.807, 2.05) is 0 Å². The van der Waals surface area contributed by atoms with E-state index in [0.717, 1.165) is 13.0 Å². The molecule has 17 heavy (non-hydrogen) atoms. The molecular formula is C11H12ClN3OS. The summed E-state index contributed by atoms with van der Waals surface area (Å²) in [5.74, 6) is 0.557. The molecule has 0 saturated heterocycles. The van der Waals surface area contributed by atoms with E-state index in [-0.39, 0.29) is 5.91 Å². The Hall–Kier alpha value is -1.33. The number of nitrogens with one attached hydrogen (secondary N) is 1. The predicted octanol–water partition coefficient (Wildman–Crippen LogP) is 3.26. The van der Waals surface area contributed by atoms with Crippen LogP contribution in [-0.4, -0.2) is 15.7 Å². The van der Waals surface area contributed by atoms with E-state index in [9.17, 15) is 4.79 Å². The quantitative estimate of drug-likeness (QED) is 0.926. The number of rotatable bonds is 4. The first kappa shape index (κ1) is 12.1. The zero-order valence-electron chi connectivity index (χ0n) is 9.31. The minimum atomic E-state index is -0.153. The summed E-state index contributed by atoms with van der Waals surface area (Å²) in [6.45, 7) is 2.85. The molecule has 4 nitrogen and oxygen atoms in total. The van der Waals surface area contributed by atoms with Gasteiger partial charge in [-0.3, -0.25) is 4.79 Å². The first-order valence-corrected chi connectivity index (χ1v) is 6.48. The number of carbonyl (C=O) groups is 1. The van der Waals surface area contributed by atoms with Crippen molar-refractivity contribution in [2.24, 2.45) is 0 Å². The summed E-state index contributed by atoms with van der Waals surface area (Å²) in [4.78, 5) is 12.5. The summed E-state index contributed by atoms with van der Waals surface area (Å²) in [5, 5.41) is 6.96. The Balaban J connectivity index is 2.10. The van der Waals surface area contributed by atoms with Crippen LogP contribution >= 0.6 is 22.9 Å². The maximum atomic E-state index is 11.9. The summed E-state index contributed by atoms with van der Waals surface area (Å²) in [6.07, 6.45) is 2.64. The van der Waals surface area contributed by atoms with Crippen molar-refractivity contribution in [3.63, 3.8) is 0 Å². The van der Waals surface area contributed by atoms with Crippen LogP contribution in [0.3, 0.4) is 0 Å². The molecule has 0 spiro atoms. The van der Waals surface area contributed by atoms with Gasteiger partial charge in [-0.05, 0) is 18.6 Å². The Bertz CT molecular complexity index is 520. The van der Waals surface area contributed by atoms with Gasteiger partial charge in [0, 0.05) is 12.6 Å². The van der Waals surface area contributed by atoms with Crippen LogP contribution in [0.2, 0.25) is 4.34 Å². The van der Waals surface area contributed by atoms with Crippen molar-refractivity contribution < 1.29 is 4.79 Å². The number of anilines is 1. The molecule has 6 heteroatoms. The van der Waals surface area contributed by atoms with Gasteiger partial charge >= 0.3 is 0 Å². The maximum absolute atomic E-state index is 11.9. The van der Waals surface area contributed by atoms with Gasteiger partial charge in [-0.25, -0.2) is 4.68 Å². The number of hydrogen-bond donors (Lipinski definition) is 1. The zero-order valence-corrected chi connectivity index (χ0v) is 10.9. The Morgan fingerprint density at radius 1 is 1.53 bits per heavy atom. The van der Waals surface area contributed by atoms with E-state index >= 15 is 0 Å². The first-order valence-electron chi connectivity index (χ1n) is 5.29. The van der Waals surface area contributed by atoms with Crippen molar-refractivity contribution in [2.75, 3.05) is 5.32 Å². The van der Waals surface area contributed by atoms with Gasteiger partial charge in [0.15, 0.2) is 0 Å². The van der Waals surface area contributed by atoms with Gasteiger partial charge < -0.3 is 5.32 Å². The van der Waals surface area contributed by atoms with Gasteiger partial charge in [0.1, 0.15) is 5.82 Å². The SMILES string of the molecule is CCCn1nccc1NC(=O)c1ccc(Cl)s1. The second kappa shape index (κ2) is 5.33. The lowest BCUT2D eigenvalue weighted by Crippen LogP contribution is -2.14. The Labute approximate surface area is 108 Å². The molecule has 0 unspecified atom stereocenters. The van der Waals surface area contributed by atoms with E-state index in [1.165, 1.54) is 11.3 Å². The van der Waals surface area contributed by atoms with Crippen molar-refractivity contribution in [2.45, 2.75) is 19.9 Å². The number of aryl methyl sites for hydroxylation is 1. The van der Waals surface area contributed by atoms with Crippen LogP contribution in [0.15, 0.2) is 24.4 Å². The second-order valence-corrected chi connectivity index (χ2v) is 5.21. The number of thiophene rings is 1. The zero-order chi connectivity index (χ0) is 12.3. The molecular weight excluding hydrogens is 258 g/mol. The Morgan fingerprint density at radius 3 is 3.00 bits per heavy atom. The molecule has 90 valence electrons. The predicted molar refractivity (Wildman–Crippen MR) is 69.8 cm³/mol. The van der Waals surface area contributed by atoms with Gasteiger partial charge in [-0.2, -0.15) is 5.10 Å². The average molecular weight is 270 g/mol. The summed E-state index contributed by atoms with van der Waals surface area (Å²) in [7, 11) is 0. The van der Waals surface area contributed by atoms with Crippen LogP contribution in [0.25, 0.3) is 0 Å². The summed E-state index contributed by atoms with van der Waals surface area (Å²) < 4.78 is 2.38. The topological polar surface area (TPSA) is 46.9 Å². The minimum Gasteiger partial charge on any atom is -0.306 e. The molecule has 0 bridgehead atoms. The number of hydrogen-bond acceptors (Lipinski definition) is 3. The fourth-order valence-corrected chi connectivity index (χ4v) is 2.38. The van der Waals surface area contributed by atoms with Gasteiger partial charge in [-0.1, -0.05) is 18.5 Å². The molecule has 2 aromatic rings. The van der Waals surface area contributed by atoms with Gasteiger partial charge in [0.05, 0.1) is 15.4 Å². The molecule has 0 radical (unpaired) electrons. The fraction of sp³-hybridized carbons (Fsp3) is 0.273. The molecule has 0 atom stereocenters. The maximum Gasteiger partial charge on any atom is 0.266 e. The molecule has 1 N–H and O–H groups in total. The number of aromatic nitrogens is 2. The van der Waals surface area contributed by atoms with E-state index in [2.05, 4.69) is 17.3 Å². The van der Waals surface area contributed by atoms with Crippen molar-refractivity contribution >= 4 is 34.7 Å². The lowest BCUT2D eigenvalue weighted by molar-refractivity contribution is 0.102.